The van der Waals surface area contributed by atoms with Crippen LogP contribution in [0.3, 0.4) is 0 Å². The van der Waals surface area contributed by atoms with E-state index in [1.54, 1.807) is 23.1 Å². The molecule has 0 radical (unpaired) electrons. The van der Waals surface area contributed by atoms with Gasteiger partial charge in [0.25, 0.3) is 5.82 Å². The normalized spacial score (nSPS) is 15.5. The van der Waals surface area contributed by atoms with Crippen LogP contribution >= 0.6 is 0 Å². The first-order valence-electron chi connectivity index (χ1n) is 9.38. The molecule has 3 aromatic rings. The fraction of sp³-hybridized carbons (Fsp3) is 0.368. The molecule has 1 aliphatic heterocycles. The van der Waals surface area contributed by atoms with Crippen LogP contribution in [0.2, 0.25) is 0 Å². The molecule has 4 rings (SSSR count). The van der Waals surface area contributed by atoms with Crippen LogP contribution in [-0.4, -0.2) is 56.8 Å². The third-order valence-electron chi connectivity index (χ3n) is 4.94. The minimum atomic E-state index is -4.66. The first-order chi connectivity index (χ1) is 14.3. The number of nitrogens with zero attached hydrogens (tertiary/aromatic N) is 6. The van der Waals surface area contributed by atoms with E-state index in [2.05, 4.69) is 15.3 Å². The van der Waals surface area contributed by atoms with E-state index in [1.807, 2.05) is 4.90 Å². The number of benzene rings is 1. The summed E-state index contributed by atoms with van der Waals surface area (Å²) < 4.78 is 53.0. The Hall–Kier alpha value is -3.24. The molecule has 1 fully saturated rings. The van der Waals surface area contributed by atoms with Crippen molar-refractivity contribution in [2.45, 2.75) is 19.0 Å². The Morgan fingerprint density at radius 1 is 0.967 bits per heavy atom. The number of anilines is 1. The van der Waals surface area contributed by atoms with Gasteiger partial charge in [-0.1, -0.05) is 12.1 Å². The fourth-order valence-electron chi connectivity index (χ4n) is 3.41. The van der Waals surface area contributed by atoms with Crippen LogP contribution in [-0.2, 0) is 17.4 Å². The zero-order chi connectivity index (χ0) is 21.3. The number of amides is 1. The van der Waals surface area contributed by atoms with Gasteiger partial charge >= 0.3 is 6.18 Å². The number of carbonyl (C=O) groups excluding carboxylic acids is 1. The van der Waals surface area contributed by atoms with Gasteiger partial charge in [-0.05, 0) is 36.2 Å². The summed E-state index contributed by atoms with van der Waals surface area (Å²) in [7, 11) is 0. The Balaban J connectivity index is 1.46. The number of carbonyl (C=O) groups is 1. The molecule has 0 saturated carbocycles. The van der Waals surface area contributed by atoms with Crippen LogP contribution in [0, 0.1) is 5.82 Å². The summed E-state index contributed by atoms with van der Waals surface area (Å²) in [6.45, 7) is 1.91. The lowest BCUT2D eigenvalue weighted by atomic mass is 10.1. The topological polar surface area (TPSA) is 66.6 Å². The molecule has 2 aromatic heterocycles. The third-order valence-corrected chi connectivity index (χ3v) is 4.94. The minimum absolute atomic E-state index is 0.0111. The fourth-order valence-corrected chi connectivity index (χ4v) is 3.41. The molecule has 0 spiro atoms. The van der Waals surface area contributed by atoms with Gasteiger partial charge in [-0.15, -0.1) is 15.3 Å². The van der Waals surface area contributed by atoms with Crippen molar-refractivity contribution >= 4 is 17.4 Å². The number of halogens is 4. The molecule has 1 aliphatic rings. The Morgan fingerprint density at radius 2 is 1.73 bits per heavy atom. The Labute approximate surface area is 168 Å². The maximum atomic E-state index is 13.1. The summed E-state index contributed by atoms with van der Waals surface area (Å²) in [4.78, 5) is 16.1. The average Bonchev–Trinajstić information content (AvgIpc) is 2.98. The Bertz CT molecular complexity index is 1050. The van der Waals surface area contributed by atoms with E-state index in [4.69, 9.17) is 0 Å². The molecule has 0 aliphatic carbocycles. The smallest absolute Gasteiger partial charge is 0.353 e. The highest BCUT2D eigenvalue weighted by molar-refractivity contribution is 5.78. The van der Waals surface area contributed by atoms with E-state index >= 15 is 0 Å². The molecule has 11 heteroatoms. The SMILES string of the molecule is O=C(Cc1ccc(F)cc1)N1CCCN(c2ccc3nnc(C(F)(F)F)n3n2)CC1. The summed E-state index contributed by atoms with van der Waals surface area (Å²) in [5.41, 5.74) is 0.735. The highest BCUT2D eigenvalue weighted by Gasteiger charge is 2.37. The zero-order valence-corrected chi connectivity index (χ0v) is 15.8. The van der Waals surface area contributed by atoms with E-state index in [1.165, 1.54) is 18.2 Å². The second-order valence-electron chi connectivity index (χ2n) is 7.01. The molecule has 1 saturated heterocycles. The predicted octanol–water partition coefficient (Wildman–Crippen LogP) is 2.56. The zero-order valence-electron chi connectivity index (χ0n) is 15.8. The molecule has 3 heterocycles. The van der Waals surface area contributed by atoms with Crippen LogP contribution < -0.4 is 4.90 Å². The quantitative estimate of drug-likeness (QED) is 0.607. The lowest BCUT2D eigenvalue weighted by Crippen LogP contribution is -2.36. The number of hydrogen-bond acceptors (Lipinski definition) is 5. The van der Waals surface area contributed by atoms with Crippen LogP contribution in [0.4, 0.5) is 23.4 Å². The van der Waals surface area contributed by atoms with Crippen LogP contribution in [0.1, 0.15) is 17.8 Å². The van der Waals surface area contributed by atoms with Gasteiger partial charge in [0.15, 0.2) is 5.65 Å². The summed E-state index contributed by atoms with van der Waals surface area (Å²) in [5, 5.41) is 10.8. The largest absolute Gasteiger partial charge is 0.453 e. The summed E-state index contributed by atoms with van der Waals surface area (Å²) in [6, 6.07) is 8.82. The average molecular weight is 422 g/mol. The first kappa shape index (κ1) is 20.0. The Kier molecular flexibility index (Phi) is 5.27. The van der Waals surface area contributed by atoms with E-state index in [-0.39, 0.29) is 23.8 Å². The third kappa shape index (κ3) is 4.19. The van der Waals surface area contributed by atoms with Gasteiger partial charge in [0.05, 0.1) is 6.42 Å². The van der Waals surface area contributed by atoms with Crippen molar-refractivity contribution in [2.24, 2.45) is 0 Å². The summed E-state index contributed by atoms with van der Waals surface area (Å²) in [6.07, 6.45) is -3.85. The van der Waals surface area contributed by atoms with Gasteiger partial charge in [0.2, 0.25) is 5.91 Å². The summed E-state index contributed by atoms with van der Waals surface area (Å²) >= 11 is 0. The molecule has 0 bridgehead atoms. The van der Waals surface area contributed by atoms with Crippen molar-refractivity contribution < 1.29 is 22.4 Å². The molecule has 0 N–H and O–H groups in total. The van der Waals surface area contributed by atoms with Crippen molar-refractivity contribution in [3.8, 4) is 0 Å². The number of alkyl halides is 3. The van der Waals surface area contributed by atoms with E-state index in [0.29, 0.717) is 42.9 Å². The van der Waals surface area contributed by atoms with Crippen LogP contribution in [0.5, 0.6) is 0 Å². The molecule has 0 unspecified atom stereocenters. The highest BCUT2D eigenvalue weighted by atomic mass is 19.4. The van der Waals surface area contributed by atoms with Gasteiger partial charge in [0.1, 0.15) is 11.6 Å². The molecule has 0 atom stereocenters. The molecule has 30 heavy (non-hydrogen) atoms. The van der Waals surface area contributed by atoms with Crippen molar-refractivity contribution in [3.63, 3.8) is 0 Å². The summed E-state index contributed by atoms with van der Waals surface area (Å²) in [5.74, 6) is -1.25. The Morgan fingerprint density at radius 3 is 2.47 bits per heavy atom. The predicted molar refractivity (Wildman–Crippen MR) is 99.3 cm³/mol. The van der Waals surface area contributed by atoms with Gasteiger partial charge in [-0.25, -0.2) is 4.39 Å². The number of fused-ring (bicyclic) bond motifs is 1. The monoisotopic (exact) mass is 422 g/mol. The van der Waals surface area contributed by atoms with E-state index in [9.17, 15) is 22.4 Å². The van der Waals surface area contributed by atoms with Crippen molar-refractivity contribution in [1.82, 2.24) is 24.7 Å². The van der Waals surface area contributed by atoms with Gasteiger partial charge in [-0.3, -0.25) is 4.79 Å². The second kappa shape index (κ2) is 7.88. The molecule has 7 nitrogen and oxygen atoms in total. The molecule has 1 aromatic carbocycles. The number of aromatic nitrogens is 4. The lowest BCUT2D eigenvalue weighted by molar-refractivity contribution is -0.146. The van der Waals surface area contributed by atoms with E-state index in [0.717, 1.165) is 5.56 Å². The van der Waals surface area contributed by atoms with Crippen molar-refractivity contribution in [3.05, 3.63) is 53.6 Å². The molecule has 158 valence electrons. The van der Waals surface area contributed by atoms with Crippen LogP contribution in [0.15, 0.2) is 36.4 Å². The van der Waals surface area contributed by atoms with E-state index < -0.39 is 12.0 Å². The van der Waals surface area contributed by atoms with Gasteiger partial charge < -0.3 is 9.80 Å². The maximum absolute atomic E-state index is 13.1. The van der Waals surface area contributed by atoms with Crippen LogP contribution in [0.25, 0.3) is 5.65 Å². The number of hydrogen-bond donors (Lipinski definition) is 0. The first-order valence-corrected chi connectivity index (χ1v) is 9.38. The number of rotatable bonds is 3. The second-order valence-corrected chi connectivity index (χ2v) is 7.01. The molecular weight excluding hydrogens is 404 g/mol. The highest BCUT2D eigenvalue weighted by Crippen LogP contribution is 2.28. The van der Waals surface area contributed by atoms with Crippen molar-refractivity contribution in [1.29, 1.82) is 0 Å². The van der Waals surface area contributed by atoms with Gasteiger partial charge in [-0.2, -0.15) is 17.7 Å². The van der Waals surface area contributed by atoms with Crippen molar-refractivity contribution in [2.75, 3.05) is 31.1 Å². The minimum Gasteiger partial charge on any atom is -0.353 e. The van der Waals surface area contributed by atoms with Gasteiger partial charge in [0, 0.05) is 26.2 Å². The standard InChI is InChI=1S/C19H18F4N6O/c20-14-4-2-13(3-5-14)12-17(30)28-9-1-8-27(10-11-28)16-7-6-15-24-25-18(19(21,22)23)29(15)26-16/h2-7H,1,8-12H2. The maximum Gasteiger partial charge on any atom is 0.453 e. The molecular formula is C19H18F4N6O. The molecule has 1 amide bonds. The lowest BCUT2D eigenvalue weighted by Gasteiger charge is -2.23.